The molecule has 0 saturated heterocycles. The molecule has 0 amide bonds. The highest BCUT2D eigenvalue weighted by atomic mass is 19.1. The van der Waals surface area contributed by atoms with Crippen LogP contribution in [0.2, 0.25) is 0 Å². The van der Waals surface area contributed by atoms with E-state index >= 15 is 0 Å². The second kappa shape index (κ2) is 5.46. The van der Waals surface area contributed by atoms with Gasteiger partial charge < -0.3 is 5.32 Å². The highest BCUT2D eigenvalue weighted by molar-refractivity contribution is 5.93. The predicted molar refractivity (Wildman–Crippen MR) is 64.7 cm³/mol. The van der Waals surface area contributed by atoms with E-state index < -0.39 is 0 Å². The molecule has 1 aromatic rings. The Balaban J connectivity index is 2.91. The van der Waals surface area contributed by atoms with Crippen molar-refractivity contribution in [3.63, 3.8) is 0 Å². The minimum atomic E-state index is -0.258. The molecule has 88 valence electrons. The first kappa shape index (κ1) is 12.4. The Labute approximate surface area is 94.7 Å². The van der Waals surface area contributed by atoms with E-state index in [1.165, 1.54) is 6.07 Å². The number of nitrogens with two attached hydrogens (primary N) is 1. The Hall–Kier alpha value is -1.62. The van der Waals surface area contributed by atoms with Gasteiger partial charge in [-0.25, -0.2) is 15.2 Å². The highest BCUT2D eigenvalue weighted by Crippen LogP contribution is 2.17. The van der Waals surface area contributed by atoms with Crippen LogP contribution in [-0.2, 0) is 0 Å². The van der Waals surface area contributed by atoms with Gasteiger partial charge >= 0.3 is 0 Å². The van der Waals surface area contributed by atoms with E-state index in [9.17, 15) is 4.39 Å². The number of rotatable bonds is 2. The number of anilines is 1. The summed E-state index contributed by atoms with van der Waals surface area (Å²) in [6.07, 6.45) is 0. The fraction of sp³-hybridized carbons (Fsp3) is 0.364. The van der Waals surface area contributed by atoms with Crippen LogP contribution in [0, 0.1) is 12.7 Å². The van der Waals surface area contributed by atoms with E-state index in [4.69, 9.17) is 5.84 Å². The Morgan fingerprint density at radius 3 is 2.69 bits per heavy atom. The predicted octanol–water partition coefficient (Wildman–Crippen LogP) is 1.77. The van der Waals surface area contributed by atoms with E-state index in [0.717, 1.165) is 0 Å². The van der Waals surface area contributed by atoms with Crippen LogP contribution >= 0.6 is 0 Å². The minimum Gasteiger partial charge on any atom is -0.325 e. The maximum absolute atomic E-state index is 13.3. The second-order valence-electron chi connectivity index (χ2n) is 3.75. The van der Waals surface area contributed by atoms with Crippen LogP contribution in [0.3, 0.4) is 0 Å². The molecule has 0 aliphatic rings. The minimum absolute atomic E-state index is 0.104. The van der Waals surface area contributed by atoms with Crippen LogP contribution in [-0.4, -0.2) is 12.0 Å². The van der Waals surface area contributed by atoms with Crippen molar-refractivity contribution in [2.45, 2.75) is 26.8 Å². The van der Waals surface area contributed by atoms with Crippen molar-refractivity contribution in [2.75, 3.05) is 5.32 Å². The number of hydrazine groups is 1. The Bertz CT molecular complexity index is 388. The van der Waals surface area contributed by atoms with Gasteiger partial charge in [0.2, 0.25) is 5.96 Å². The van der Waals surface area contributed by atoms with Crippen LogP contribution < -0.4 is 16.6 Å². The van der Waals surface area contributed by atoms with Gasteiger partial charge in [0.25, 0.3) is 0 Å². The fourth-order valence-corrected chi connectivity index (χ4v) is 1.23. The second-order valence-corrected chi connectivity index (χ2v) is 3.75. The van der Waals surface area contributed by atoms with Gasteiger partial charge in [0.05, 0.1) is 0 Å². The van der Waals surface area contributed by atoms with Crippen molar-refractivity contribution in [2.24, 2.45) is 10.8 Å². The average molecular weight is 224 g/mol. The van der Waals surface area contributed by atoms with Gasteiger partial charge in [0.1, 0.15) is 5.82 Å². The lowest BCUT2D eigenvalue weighted by Gasteiger charge is -2.12. The van der Waals surface area contributed by atoms with Gasteiger partial charge in [0, 0.05) is 17.3 Å². The number of hydrogen-bond donors (Lipinski definition) is 3. The normalized spacial score (nSPS) is 11.8. The molecule has 4 nitrogen and oxygen atoms in total. The first-order valence-corrected chi connectivity index (χ1v) is 5.11. The maximum atomic E-state index is 13.3. The van der Waals surface area contributed by atoms with Crippen LogP contribution in [0.25, 0.3) is 0 Å². The lowest BCUT2D eigenvalue weighted by molar-refractivity contribution is 0.619. The summed E-state index contributed by atoms with van der Waals surface area (Å²) in [5, 5.41) is 2.94. The Morgan fingerprint density at radius 2 is 2.12 bits per heavy atom. The summed E-state index contributed by atoms with van der Waals surface area (Å²) in [5.74, 6) is 5.48. The summed E-state index contributed by atoms with van der Waals surface area (Å²) >= 11 is 0. The molecule has 0 radical (unpaired) electrons. The number of nitrogens with one attached hydrogen (secondary N) is 2. The molecule has 0 fully saturated rings. The molecule has 1 aromatic carbocycles. The topological polar surface area (TPSA) is 62.4 Å². The van der Waals surface area contributed by atoms with Crippen molar-refractivity contribution in [3.8, 4) is 0 Å². The molecule has 5 heteroatoms. The summed E-state index contributed by atoms with van der Waals surface area (Å²) in [5.41, 5.74) is 3.63. The molecule has 0 aliphatic carbocycles. The highest BCUT2D eigenvalue weighted by Gasteiger charge is 2.05. The molecule has 0 aliphatic heterocycles. The Kier molecular flexibility index (Phi) is 4.25. The standard InChI is InChI=1S/C11H17FN4/c1-7(2)14-11(16-13)15-10-6-4-5-9(12)8(10)3/h4-7H,13H2,1-3H3,(H2,14,15,16). The van der Waals surface area contributed by atoms with Crippen LogP contribution in [0.4, 0.5) is 10.1 Å². The monoisotopic (exact) mass is 224 g/mol. The summed E-state index contributed by atoms with van der Waals surface area (Å²) in [6.45, 7) is 5.55. The lowest BCUT2D eigenvalue weighted by Crippen LogP contribution is -2.37. The lowest BCUT2D eigenvalue weighted by atomic mass is 10.2. The van der Waals surface area contributed by atoms with E-state index in [-0.39, 0.29) is 11.9 Å². The SMILES string of the molecule is Cc1c(F)cccc1NC(=NC(C)C)NN. The number of guanidine groups is 1. The van der Waals surface area contributed by atoms with Crippen molar-refractivity contribution < 1.29 is 4.39 Å². The molecule has 0 saturated carbocycles. The molecular formula is C11H17FN4. The van der Waals surface area contributed by atoms with Crippen LogP contribution in [0.15, 0.2) is 23.2 Å². The summed E-state index contributed by atoms with van der Waals surface area (Å²) < 4.78 is 13.3. The smallest absolute Gasteiger partial charge is 0.210 e. The van der Waals surface area contributed by atoms with Gasteiger partial charge in [-0.2, -0.15) is 0 Å². The van der Waals surface area contributed by atoms with Gasteiger partial charge in [-0.1, -0.05) is 6.07 Å². The molecule has 16 heavy (non-hydrogen) atoms. The molecule has 0 spiro atoms. The third kappa shape index (κ3) is 3.20. The molecule has 4 N–H and O–H groups in total. The molecule has 0 aromatic heterocycles. The zero-order chi connectivity index (χ0) is 12.1. The molecule has 0 unspecified atom stereocenters. The first-order chi connectivity index (χ1) is 7.54. The van der Waals surface area contributed by atoms with E-state index in [1.807, 2.05) is 13.8 Å². The Morgan fingerprint density at radius 1 is 1.44 bits per heavy atom. The summed E-state index contributed by atoms with van der Waals surface area (Å²) in [6, 6.07) is 4.92. The maximum Gasteiger partial charge on any atom is 0.210 e. The van der Waals surface area contributed by atoms with E-state index in [0.29, 0.717) is 17.2 Å². The number of aliphatic imine (C=N–C) groups is 1. The van der Waals surface area contributed by atoms with Crippen molar-refractivity contribution >= 4 is 11.6 Å². The molecule has 1 rings (SSSR count). The van der Waals surface area contributed by atoms with E-state index in [1.54, 1.807) is 19.1 Å². The number of halogens is 1. The molecule has 0 atom stereocenters. The van der Waals surface area contributed by atoms with Gasteiger partial charge in [0.15, 0.2) is 0 Å². The quantitative estimate of drug-likeness (QED) is 0.310. The number of hydrogen-bond acceptors (Lipinski definition) is 2. The number of nitrogens with zero attached hydrogens (tertiary/aromatic N) is 1. The third-order valence-electron chi connectivity index (χ3n) is 2.04. The fourth-order valence-electron chi connectivity index (χ4n) is 1.23. The first-order valence-electron chi connectivity index (χ1n) is 5.11. The molecule has 0 bridgehead atoms. The molecule has 0 heterocycles. The van der Waals surface area contributed by atoms with Crippen molar-refractivity contribution in [1.29, 1.82) is 0 Å². The summed E-state index contributed by atoms with van der Waals surface area (Å²) in [4.78, 5) is 4.21. The van der Waals surface area contributed by atoms with Crippen molar-refractivity contribution in [1.82, 2.24) is 5.43 Å². The van der Waals surface area contributed by atoms with Crippen molar-refractivity contribution in [3.05, 3.63) is 29.6 Å². The van der Waals surface area contributed by atoms with E-state index in [2.05, 4.69) is 15.7 Å². The van der Waals surface area contributed by atoms with Gasteiger partial charge in [-0.05, 0) is 32.9 Å². The zero-order valence-corrected chi connectivity index (χ0v) is 9.71. The third-order valence-corrected chi connectivity index (χ3v) is 2.04. The van der Waals surface area contributed by atoms with Crippen LogP contribution in [0.5, 0.6) is 0 Å². The molecular weight excluding hydrogens is 207 g/mol. The van der Waals surface area contributed by atoms with Gasteiger partial charge in [-0.3, -0.25) is 5.43 Å². The van der Waals surface area contributed by atoms with Crippen LogP contribution in [0.1, 0.15) is 19.4 Å². The number of benzene rings is 1. The zero-order valence-electron chi connectivity index (χ0n) is 9.71. The largest absolute Gasteiger partial charge is 0.325 e. The average Bonchev–Trinajstić information content (AvgIpc) is 2.23. The van der Waals surface area contributed by atoms with Gasteiger partial charge in [-0.15, -0.1) is 0 Å². The summed E-state index contributed by atoms with van der Waals surface area (Å²) in [7, 11) is 0.